The van der Waals surface area contributed by atoms with Gasteiger partial charge in [0, 0.05) is 0 Å². The first-order valence-corrected chi connectivity index (χ1v) is 3.63. The second-order valence-corrected chi connectivity index (χ2v) is 2.51. The zero-order valence-electron chi connectivity index (χ0n) is 6.16. The van der Waals surface area contributed by atoms with Gasteiger partial charge in [-0.2, -0.15) is 0 Å². The molecule has 0 aromatic rings. The van der Waals surface area contributed by atoms with Crippen LogP contribution >= 0.6 is 0 Å². The molecule has 0 saturated heterocycles. The highest BCUT2D eigenvalue weighted by Gasteiger charge is 2.19. The fourth-order valence-corrected chi connectivity index (χ4v) is 1.15. The largest absolute Gasteiger partial charge is 0.395 e. The van der Waals surface area contributed by atoms with E-state index in [9.17, 15) is 9.59 Å². The van der Waals surface area contributed by atoms with Crippen molar-refractivity contribution in [2.45, 2.75) is 19.3 Å². The van der Waals surface area contributed by atoms with Crippen LogP contribution in [0.5, 0.6) is 0 Å². The van der Waals surface area contributed by atoms with Gasteiger partial charge in [0.15, 0.2) is 0 Å². The third-order valence-corrected chi connectivity index (χ3v) is 1.77. The Kier molecular flexibility index (Phi) is 2.83. The minimum atomic E-state index is -0.399. The van der Waals surface area contributed by atoms with E-state index in [-0.39, 0.29) is 12.4 Å². The molecule has 3 nitrogen and oxygen atoms in total. The number of rotatable bonds is 2. The summed E-state index contributed by atoms with van der Waals surface area (Å²) >= 11 is 0. The highest BCUT2D eigenvalue weighted by molar-refractivity contribution is 5.78. The molecule has 0 aromatic heterocycles. The van der Waals surface area contributed by atoms with Crippen LogP contribution in [0.1, 0.15) is 19.3 Å². The van der Waals surface area contributed by atoms with Crippen molar-refractivity contribution in [2.75, 3.05) is 0 Å². The lowest BCUT2D eigenvalue weighted by molar-refractivity contribution is -0.155. The van der Waals surface area contributed by atoms with E-state index in [0.717, 1.165) is 12.8 Å². The van der Waals surface area contributed by atoms with Crippen molar-refractivity contribution in [3.05, 3.63) is 12.2 Å². The third-order valence-electron chi connectivity index (χ3n) is 1.77. The third kappa shape index (κ3) is 2.18. The molecule has 1 aliphatic rings. The van der Waals surface area contributed by atoms with E-state index in [1.54, 1.807) is 0 Å². The van der Waals surface area contributed by atoms with E-state index in [2.05, 4.69) is 4.74 Å². The summed E-state index contributed by atoms with van der Waals surface area (Å²) in [6.45, 7) is 0.195. The van der Waals surface area contributed by atoms with Crippen molar-refractivity contribution >= 4 is 12.4 Å². The Morgan fingerprint density at radius 2 is 2.36 bits per heavy atom. The van der Waals surface area contributed by atoms with Gasteiger partial charge >= 0.3 is 12.4 Å². The van der Waals surface area contributed by atoms with E-state index < -0.39 is 5.97 Å². The van der Waals surface area contributed by atoms with Crippen LogP contribution in [0, 0.1) is 5.92 Å². The molecule has 11 heavy (non-hydrogen) atoms. The lowest BCUT2D eigenvalue weighted by Crippen LogP contribution is -2.17. The SMILES string of the molecule is O=COC(=O)C1CC=CCC1. The van der Waals surface area contributed by atoms with Gasteiger partial charge < -0.3 is 4.74 Å². The maximum Gasteiger partial charge on any atom is 0.316 e. The number of allylic oxidation sites excluding steroid dienone is 2. The summed E-state index contributed by atoms with van der Waals surface area (Å²) in [5.74, 6) is -0.505. The molecular formula is C8H10O3. The molecule has 0 saturated carbocycles. The minimum absolute atomic E-state index is 0.106. The monoisotopic (exact) mass is 154 g/mol. The first-order chi connectivity index (χ1) is 5.34. The quantitative estimate of drug-likeness (QED) is 0.258. The van der Waals surface area contributed by atoms with Crippen molar-refractivity contribution in [2.24, 2.45) is 5.92 Å². The number of hydrogen-bond donors (Lipinski definition) is 0. The van der Waals surface area contributed by atoms with Crippen LogP contribution in [0.15, 0.2) is 12.2 Å². The Morgan fingerprint density at radius 1 is 1.55 bits per heavy atom. The highest BCUT2D eigenvalue weighted by atomic mass is 16.6. The summed E-state index contributed by atoms with van der Waals surface area (Å²) in [6.07, 6.45) is 6.37. The summed E-state index contributed by atoms with van der Waals surface area (Å²) in [4.78, 5) is 20.7. The Morgan fingerprint density at radius 3 is 2.91 bits per heavy atom. The Bertz CT molecular complexity index is 184. The molecule has 1 atom stereocenters. The van der Waals surface area contributed by atoms with Crippen LogP contribution in [-0.2, 0) is 14.3 Å². The van der Waals surface area contributed by atoms with Gasteiger partial charge in [0.2, 0.25) is 0 Å². The van der Waals surface area contributed by atoms with Crippen LogP contribution in [-0.4, -0.2) is 12.4 Å². The molecule has 0 aliphatic heterocycles. The Balaban J connectivity index is 2.40. The second kappa shape index (κ2) is 3.91. The molecule has 1 aliphatic carbocycles. The van der Waals surface area contributed by atoms with Crippen molar-refractivity contribution in [3.63, 3.8) is 0 Å². The molecule has 0 heterocycles. The van der Waals surface area contributed by atoms with Gasteiger partial charge in [-0.05, 0) is 19.3 Å². The van der Waals surface area contributed by atoms with Crippen LogP contribution in [0.25, 0.3) is 0 Å². The van der Waals surface area contributed by atoms with Gasteiger partial charge in [0.1, 0.15) is 0 Å². The summed E-state index contributed by atoms with van der Waals surface area (Å²) in [6, 6.07) is 0. The van der Waals surface area contributed by atoms with Gasteiger partial charge in [0.05, 0.1) is 5.92 Å². The number of ether oxygens (including phenoxy) is 1. The van der Waals surface area contributed by atoms with Crippen molar-refractivity contribution < 1.29 is 14.3 Å². The predicted octanol–water partition coefficient (Wildman–Crippen LogP) is 1.04. The standard InChI is InChI=1S/C8H10O3/c9-6-11-8(10)7-4-2-1-3-5-7/h1-2,6-7H,3-5H2. The van der Waals surface area contributed by atoms with E-state index in [1.165, 1.54) is 0 Å². The summed E-state index contributed by atoms with van der Waals surface area (Å²) < 4.78 is 4.23. The molecule has 3 heteroatoms. The summed E-state index contributed by atoms with van der Waals surface area (Å²) in [5, 5.41) is 0. The van der Waals surface area contributed by atoms with Crippen molar-refractivity contribution in [1.82, 2.24) is 0 Å². The van der Waals surface area contributed by atoms with Crippen LogP contribution < -0.4 is 0 Å². The molecule has 0 spiro atoms. The normalized spacial score (nSPS) is 22.7. The average molecular weight is 154 g/mol. The second-order valence-electron chi connectivity index (χ2n) is 2.51. The van der Waals surface area contributed by atoms with E-state index in [4.69, 9.17) is 0 Å². The zero-order valence-corrected chi connectivity index (χ0v) is 6.16. The smallest absolute Gasteiger partial charge is 0.316 e. The average Bonchev–Trinajstić information content (AvgIpc) is 2.07. The van der Waals surface area contributed by atoms with Crippen LogP contribution in [0.2, 0.25) is 0 Å². The van der Waals surface area contributed by atoms with Gasteiger partial charge in [-0.25, -0.2) is 0 Å². The molecule has 1 unspecified atom stereocenters. The fraction of sp³-hybridized carbons (Fsp3) is 0.500. The molecule has 0 amide bonds. The van der Waals surface area contributed by atoms with Crippen molar-refractivity contribution in [3.8, 4) is 0 Å². The number of carbonyl (C=O) groups is 2. The maximum absolute atomic E-state index is 10.9. The molecule has 0 radical (unpaired) electrons. The Labute approximate surface area is 65.0 Å². The zero-order chi connectivity index (χ0) is 8.10. The fourth-order valence-electron chi connectivity index (χ4n) is 1.15. The molecule has 60 valence electrons. The topological polar surface area (TPSA) is 43.4 Å². The first-order valence-electron chi connectivity index (χ1n) is 3.63. The van der Waals surface area contributed by atoms with E-state index >= 15 is 0 Å². The highest BCUT2D eigenvalue weighted by Crippen LogP contribution is 2.18. The van der Waals surface area contributed by atoms with Gasteiger partial charge in [-0.1, -0.05) is 12.2 Å². The van der Waals surface area contributed by atoms with Gasteiger partial charge in [-0.15, -0.1) is 0 Å². The number of hydrogen-bond acceptors (Lipinski definition) is 3. The molecule has 0 bridgehead atoms. The first kappa shape index (κ1) is 7.98. The summed E-state index contributed by atoms with van der Waals surface area (Å²) in [5.41, 5.74) is 0. The molecule has 1 rings (SSSR count). The molecule has 0 fully saturated rings. The number of esters is 1. The van der Waals surface area contributed by atoms with E-state index in [1.807, 2.05) is 12.2 Å². The van der Waals surface area contributed by atoms with Crippen LogP contribution in [0.4, 0.5) is 0 Å². The summed E-state index contributed by atoms with van der Waals surface area (Å²) in [7, 11) is 0. The lowest BCUT2D eigenvalue weighted by Gasteiger charge is -2.13. The maximum atomic E-state index is 10.9. The molecular weight excluding hydrogens is 144 g/mol. The number of carbonyl (C=O) groups excluding carboxylic acids is 2. The molecule has 0 N–H and O–H groups in total. The lowest BCUT2D eigenvalue weighted by atomic mass is 9.95. The van der Waals surface area contributed by atoms with Gasteiger partial charge in [-0.3, -0.25) is 9.59 Å². The van der Waals surface area contributed by atoms with Gasteiger partial charge in [0.25, 0.3) is 0 Å². The Hall–Kier alpha value is -1.12. The van der Waals surface area contributed by atoms with Crippen LogP contribution in [0.3, 0.4) is 0 Å². The predicted molar refractivity (Wildman–Crippen MR) is 38.6 cm³/mol. The van der Waals surface area contributed by atoms with Crippen molar-refractivity contribution in [1.29, 1.82) is 0 Å². The molecule has 0 aromatic carbocycles. The van der Waals surface area contributed by atoms with E-state index in [0.29, 0.717) is 6.42 Å². The minimum Gasteiger partial charge on any atom is -0.395 e.